The Bertz CT molecular complexity index is 1630. The molecular formula is C34H46N6S2. The second kappa shape index (κ2) is 12.4. The first-order valence-corrected chi connectivity index (χ1v) is 16.0. The Kier molecular flexibility index (Phi) is 9.09. The average Bonchev–Trinajstić information content (AvgIpc) is 3.40. The fraction of sp³-hybridized carbons (Fsp3) is 0.471. The molecule has 8 heteroatoms. The molecule has 224 valence electrons. The molecule has 0 radical (unpaired) electrons. The third kappa shape index (κ3) is 5.87. The molecule has 0 bridgehead atoms. The van der Waals surface area contributed by atoms with Crippen LogP contribution in [0, 0.1) is 9.54 Å². The van der Waals surface area contributed by atoms with E-state index >= 15 is 0 Å². The molecule has 2 aromatic carbocycles. The summed E-state index contributed by atoms with van der Waals surface area (Å²) in [6.45, 7) is 21.8. The fourth-order valence-electron chi connectivity index (χ4n) is 6.55. The van der Waals surface area contributed by atoms with Crippen LogP contribution in [0.3, 0.4) is 0 Å². The van der Waals surface area contributed by atoms with Gasteiger partial charge in [-0.2, -0.15) is 0 Å². The third-order valence-corrected chi connectivity index (χ3v) is 9.48. The van der Waals surface area contributed by atoms with Crippen molar-refractivity contribution in [2.75, 3.05) is 26.2 Å². The Morgan fingerprint density at radius 1 is 0.690 bits per heavy atom. The number of nitrogens with zero attached hydrogens (tertiary/aromatic N) is 4. The lowest BCUT2D eigenvalue weighted by atomic mass is 10.1. The lowest BCUT2D eigenvalue weighted by molar-refractivity contribution is 0.213. The van der Waals surface area contributed by atoms with Gasteiger partial charge in [0, 0.05) is 50.3 Å². The number of hydrogen-bond acceptors (Lipinski definition) is 4. The maximum Gasteiger partial charge on any atom is 0.178 e. The molecule has 0 saturated carbocycles. The zero-order valence-corrected chi connectivity index (χ0v) is 28.0. The van der Waals surface area contributed by atoms with Crippen LogP contribution in [0.5, 0.6) is 0 Å². The molecular weight excluding hydrogens is 557 g/mol. The number of H-pyrrole nitrogens is 2. The number of para-hydroxylation sites is 2. The molecule has 6 rings (SSSR count). The monoisotopic (exact) mass is 602 g/mol. The van der Waals surface area contributed by atoms with Crippen molar-refractivity contribution in [2.24, 2.45) is 0 Å². The number of rotatable bonds is 4. The molecule has 0 saturated heterocycles. The normalized spacial score (nSPS) is 22.3. The summed E-state index contributed by atoms with van der Waals surface area (Å²) in [4.78, 5) is 11.8. The van der Waals surface area contributed by atoms with E-state index in [9.17, 15) is 0 Å². The Balaban J connectivity index is 0.000000168. The highest BCUT2D eigenvalue weighted by Crippen LogP contribution is 2.35. The summed E-state index contributed by atoms with van der Waals surface area (Å²) in [6.07, 6.45) is 4.62. The van der Waals surface area contributed by atoms with Crippen molar-refractivity contribution < 1.29 is 0 Å². The van der Waals surface area contributed by atoms with E-state index in [-0.39, 0.29) is 0 Å². The van der Waals surface area contributed by atoms with Crippen molar-refractivity contribution in [3.8, 4) is 0 Å². The number of benzene rings is 2. The standard InChI is InChI=1S/2C17H23N3S/c2*1-11(2)8-9-19-10-12(3)20-16-14(13(19)4)6-5-7-15(16)18-17(20)21/h2*5-8,12-13H,9-10H2,1-4H3,(H,18,21)/t2*12-,13-/m10/s1. The maximum absolute atomic E-state index is 5.54. The first-order chi connectivity index (χ1) is 20.0. The third-order valence-electron chi connectivity index (χ3n) is 8.88. The van der Waals surface area contributed by atoms with Crippen LogP contribution in [-0.2, 0) is 0 Å². The van der Waals surface area contributed by atoms with Gasteiger partial charge in [-0.25, -0.2) is 0 Å². The summed E-state index contributed by atoms with van der Waals surface area (Å²) in [5.74, 6) is 0. The van der Waals surface area contributed by atoms with Crippen LogP contribution in [0.25, 0.3) is 22.1 Å². The van der Waals surface area contributed by atoms with E-state index < -0.39 is 0 Å². The minimum Gasteiger partial charge on any atom is -0.331 e. The molecule has 6 nitrogen and oxygen atoms in total. The highest BCUT2D eigenvalue weighted by molar-refractivity contribution is 7.71. The van der Waals surface area contributed by atoms with E-state index in [1.54, 1.807) is 0 Å². The Morgan fingerprint density at radius 3 is 1.43 bits per heavy atom. The fourth-order valence-corrected chi connectivity index (χ4v) is 7.31. The quantitative estimate of drug-likeness (QED) is 0.181. The van der Waals surface area contributed by atoms with Gasteiger partial charge >= 0.3 is 0 Å². The first-order valence-electron chi connectivity index (χ1n) is 15.2. The molecule has 2 aliphatic rings. The van der Waals surface area contributed by atoms with Gasteiger partial charge in [0.25, 0.3) is 0 Å². The van der Waals surface area contributed by atoms with Crippen LogP contribution in [-0.4, -0.2) is 55.1 Å². The van der Waals surface area contributed by atoms with Crippen molar-refractivity contribution >= 4 is 46.5 Å². The van der Waals surface area contributed by atoms with E-state index in [0.717, 1.165) is 46.8 Å². The second-order valence-electron chi connectivity index (χ2n) is 12.6. The molecule has 0 fully saturated rings. The number of allylic oxidation sites excluding steroid dienone is 2. The molecule has 42 heavy (non-hydrogen) atoms. The molecule has 4 heterocycles. The van der Waals surface area contributed by atoms with E-state index in [1.165, 1.54) is 33.3 Å². The van der Waals surface area contributed by atoms with Crippen LogP contribution in [0.15, 0.2) is 59.7 Å². The largest absolute Gasteiger partial charge is 0.331 e. The molecule has 4 atom stereocenters. The maximum atomic E-state index is 5.54. The zero-order chi connectivity index (χ0) is 30.3. The SMILES string of the molecule is CC(C)=CCN1C[C@@H](C)n2c(=S)[nH]c3cccc(c32)[C@H]1C.CC(C)=CCN1C[C@H](C)n2c(=S)[nH]c3cccc(c32)[C@@H]1C. The molecule has 2 aromatic heterocycles. The van der Waals surface area contributed by atoms with Crippen LogP contribution < -0.4 is 0 Å². The highest BCUT2D eigenvalue weighted by atomic mass is 32.1. The summed E-state index contributed by atoms with van der Waals surface area (Å²) in [6, 6.07) is 14.5. The van der Waals surface area contributed by atoms with Crippen molar-refractivity contribution in [1.29, 1.82) is 0 Å². The zero-order valence-electron chi connectivity index (χ0n) is 26.4. The minimum atomic E-state index is 0.378. The Hall–Kier alpha value is -2.78. The van der Waals surface area contributed by atoms with Crippen molar-refractivity contribution in [2.45, 2.75) is 79.6 Å². The van der Waals surface area contributed by atoms with Gasteiger partial charge in [-0.1, -0.05) is 47.6 Å². The number of hydrogen-bond donors (Lipinski definition) is 2. The van der Waals surface area contributed by atoms with E-state index in [1.807, 2.05) is 0 Å². The average molecular weight is 603 g/mol. The van der Waals surface area contributed by atoms with Gasteiger partial charge in [0.1, 0.15) is 0 Å². The number of aromatic amines is 2. The lowest BCUT2D eigenvalue weighted by Gasteiger charge is -2.28. The molecule has 2 N–H and O–H groups in total. The number of imidazole rings is 2. The molecule has 0 aliphatic carbocycles. The summed E-state index contributed by atoms with van der Waals surface area (Å²) >= 11 is 11.1. The topological polar surface area (TPSA) is 47.9 Å². The van der Waals surface area contributed by atoms with Gasteiger partial charge in [-0.15, -0.1) is 0 Å². The Labute approximate surface area is 260 Å². The van der Waals surface area contributed by atoms with Crippen molar-refractivity contribution in [3.63, 3.8) is 0 Å². The van der Waals surface area contributed by atoms with E-state index in [2.05, 4.69) is 133 Å². The molecule has 2 aliphatic heterocycles. The Morgan fingerprint density at radius 2 is 1.07 bits per heavy atom. The van der Waals surface area contributed by atoms with Gasteiger partial charge in [-0.05, 0) is 103 Å². The van der Waals surface area contributed by atoms with Crippen molar-refractivity contribution in [3.05, 3.63) is 80.4 Å². The van der Waals surface area contributed by atoms with Crippen molar-refractivity contribution in [1.82, 2.24) is 28.9 Å². The van der Waals surface area contributed by atoms with Gasteiger partial charge in [0.2, 0.25) is 0 Å². The molecule has 0 spiro atoms. The highest BCUT2D eigenvalue weighted by Gasteiger charge is 2.28. The van der Waals surface area contributed by atoms with Crippen LogP contribution in [0.1, 0.15) is 90.7 Å². The summed E-state index contributed by atoms with van der Waals surface area (Å²) in [5, 5.41) is 0. The number of nitrogens with one attached hydrogen (secondary N) is 2. The lowest BCUT2D eigenvalue weighted by Crippen LogP contribution is -2.30. The molecule has 0 amide bonds. The van der Waals surface area contributed by atoms with Crippen LogP contribution in [0.2, 0.25) is 0 Å². The van der Waals surface area contributed by atoms with Gasteiger partial charge in [0.05, 0.1) is 22.1 Å². The van der Waals surface area contributed by atoms with Gasteiger partial charge in [-0.3, -0.25) is 9.80 Å². The van der Waals surface area contributed by atoms with Gasteiger partial charge in [0.15, 0.2) is 9.54 Å². The van der Waals surface area contributed by atoms with Crippen LogP contribution in [0.4, 0.5) is 0 Å². The van der Waals surface area contributed by atoms with E-state index in [0.29, 0.717) is 24.2 Å². The first kappa shape index (κ1) is 30.7. The van der Waals surface area contributed by atoms with E-state index in [4.69, 9.17) is 24.4 Å². The van der Waals surface area contributed by atoms with Crippen LogP contribution >= 0.6 is 24.4 Å². The predicted molar refractivity (Wildman–Crippen MR) is 183 cm³/mol. The van der Waals surface area contributed by atoms with Gasteiger partial charge < -0.3 is 19.1 Å². The molecule has 0 unspecified atom stereocenters. The summed E-state index contributed by atoms with van der Waals surface area (Å²) in [5.41, 5.74) is 10.3. The summed E-state index contributed by atoms with van der Waals surface area (Å²) < 4.78 is 6.25. The second-order valence-corrected chi connectivity index (χ2v) is 13.4. The predicted octanol–water partition coefficient (Wildman–Crippen LogP) is 9.21. The smallest absolute Gasteiger partial charge is 0.178 e. The molecule has 4 aromatic rings. The summed E-state index contributed by atoms with van der Waals surface area (Å²) in [7, 11) is 0. The number of aromatic nitrogens is 4. The minimum absolute atomic E-state index is 0.378.